The van der Waals surface area contributed by atoms with Crippen molar-refractivity contribution in [1.29, 1.82) is 0 Å². The number of hydrogen-bond acceptors (Lipinski definition) is 3. The molecule has 0 saturated heterocycles. The van der Waals surface area contributed by atoms with Crippen molar-refractivity contribution in [3.63, 3.8) is 0 Å². The molecule has 0 radical (unpaired) electrons. The van der Waals surface area contributed by atoms with Crippen LogP contribution in [0.4, 0.5) is 17.1 Å². The van der Waals surface area contributed by atoms with Crippen molar-refractivity contribution in [3.8, 4) is 0 Å². The summed E-state index contributed by atoms with van der Waals surface area (Å²) in [4.78, 5) is 24.4. The number of benzene rings is 2. The molecule has 0 aromatic heterocycles. The first-order valence-electron chi connectivity index (χ1n) is 8.21. The Bertz CT molecular complexity index is 781. The number of nitrogens with one attached hydrogen (secondary N) is 2. The average Bonchev–Trinajstić information content (AvgIpc) is 2.52. The van der Waals surface area contributed by atoms with Gasteiger partial charge >= 0.3 is 0 Å². The first kappa shape index (κ1) is 21.5. The Morgan fingerprint density at radius 3 is 2.19 bits per heavy atom. The van der Waals surface area contributed by atoms with Crippen LogP contribution in [0, 0.1) is 12.3 Å². The van der Waals surface area contributed by atoms with Crippen molar-refractivity contribution in [1.82, 2.24) is 0 Å². The van der Waals surface area contributed by atoms with Gasteiger partial charge < -0.3 is 16.4 Å². The molecule has 6 heteroatoms. The maximum atomic E-state index is 12.2. The Hall–Kier alpha value is -2.53. The first-order chi connectivity index (χ1) is 11.6. The van der Waals surface area contributed by atoms with Crippen LogP contribution < -0.4 is 16.4 Å². The molecule has 0 aliphatic carbocycles. The molecule has 2 aromatic carbocycles. The number of hydrogen-bond donors (Lipinski definition) is 3. The molecule has 0 bridgehead atoms. The largest absolute Gasteiger partial charge is 0.399 e. The number of amides is 2. The zero-order chi connectivity index (χ0) is 18.6. The lowest BCUT2D eigenvalue weighted by Crippen LogP contribution is -2.28. The molecule has 0 heterocycles. The summed E-state index contributed by atoms with van der Waals surface area (Å²) >= 11 is 0. The summed E-state index contributed by atoms with van der Waals surface area (Å²) in [6.45, 7) is 7.49. The zero-order valence-electron chi connectivity index (χ0n) is 15.6. The lowest BCUT2D eigenvalue weighted by Gasteiger charge is -2.19. The van der Waals surface area contributed by atoms with Crippen molar-refractivity contribution in [3.05, 3.63) is 53.6 Å². The summed E-state index contributed by atoms with van der Waals surface area (Å²) in [6, 6.07) is 12.7. The van der Waals surface area contributed by atoms with Gasteiger partial charge in [0.1, 0.15) is 0 Å². The van der Waals surface area contributed by atoms with Crippen LogP contribution in [-0.2, 0) is 16.0 Å². The van der Waals surface area contributed by atoms with E-state index in [1.54, 1.807) is 18.2 Å². The Labute approximate surface area is 160 Å². The van der Waals surface area contributed by atoms with Crippen molar-refractivity contribution < 1.29 is 9.59 Å². The molecule has 140 valence electrons. The molecule has 4 N–H and O–H groups in total. The molecule has 2 rings (SSSR count). The van der Waals surface area contributed by atoms with E-state index in [0.29, 0.717) is 17.1 Å². The van der Waals surface area contributed by atoms with Gasteiger partial charge in [-0.3, -0.25) is 9.59 Å². The molecule has 5 nitrogen and oxygen atoms in total. The highest BCUT2D eigenvalue weighted by Crippen LogP contribution is 2.23. The fourth-order valence-electron chi connectivity index (χ4n) is 2.17. The van der Waals surface area contributed by atoms with E-state index in [1.807, 2.05) is 52.0 Å². The number of halogens is 1. The highest BCUT2D eigenvalue weighted by Gasteiger charge is 2.21. The van der Waals surface area contributed by atoms with Gasteiger partial charge in [-0.2, -0.15) is 0 Å². The number of carbonyl (C=O) groups excluding carboxylic acids is 2. The van der Waals surface area contributed by atoms with Gasteiger partial charge in [0.2, 0.25) is 11.8 Å². The number of aryl methyl sites for hydroxylation is 1. The second kappa shape index (κ2) is 8.72. The minimum atomic E-state index is -0.485. The summed E-state index contributed by atoms with van der Waals surface area (Å²) in [7, 11) is 0. The fraction of sp³-hybridized carbons (Fsp3) is 0.300. The molecule has 0 aliphatic heterocycles. The van der Waals surface area contributed by atoms with Gasteiger partial charge in [0.05, 0.1) is 6.42 Å². The predicted octanol–water partition coefficient (Wildman–Crippen LogP) is 4.16. The maximum Gasteiger partial charge on any atom is 0.229 e. The van der Waals surface area contributed by atoms with E-state index in [9.17, 15) is 9.59 Å². The van der Waals surface area contributed by atoms with Gasteiger partial charge in [-0.05, 0) is 42.3 Å². The van der Waals surface area contributed by atoms with Gasteiger partial charge in [-0.1, -0.05) is 39.0 Å². The second-order valence-electron chi connectivity index (χ2n) is 7.20. The summed E-state index contributed by atoms with van der Waals surface area (Å²) in [5, 5.41) is 5.78. The number of carbonyl (C=O) groups is 2. The van der Waals surface area contributed by atoms with Crippen molar-refractivity contribution in [2.45, 2.75) is 34.1 Å². The minimum absolute atomic E-state index is 0. The molecule has 2 amide bonds. The molecule has 0 atom stereocenters. The Morgan fingerprint density at radius 1 is 1.00 bits per heavy atom. The molecular weight excluding hydrogens is 350 g/mol. The van der Waals surface area contributed by atoms with E-state index in [0.717, 1.165) is 11.1 Å². The van der Waals surface area contributed by atoms with Crippen molar-refractivity contribution >= 4 is 41.3 Å². The zero-order valence-corrected chi connectivity index (χ0v) is 16.4. The standard InChI is InChI=1S/C20H25N3O2.ClH/c1-13-5-10-16(12-17(13)23-19(25)20(2,3)4)22-18(24)11-14-6-8-15(21)9-7-14;/h5-10,12H,11,21H2,1-4H3,(H,22,24)(H,23,25);1H. The third-order valence-corrected chi connectivity index (χ3v) is 3.80. The van der Waals surface area contributed by atoms with Crippen LogP contribution in [0.15, 0.2) is 42.5 Å². The van der Waals surface area contributed by atoms with Crippen LogP contribution in [-0.4, -0.2) is 11.8 Å². The lowest BCUT2D eigenvalue weighted by atomic mass is 9.95. The van der Waals surface area contributed by atoms with E-state index >= 15 is 0 Å². The van der Waals surface area contributed by atoms with Crippen LogP contribution >= 0.6 is 12.4 Å². The van der Waals surface area contributed by atoms with Crippen LogP contribution in [0.3, 0.4) is 0 Å². The normalized spacial score (nSPS) is 10.6. The number of nitrogens with two attached hydrogens (primary N) is 1. The highest BCUT2D eigenvalue weighted by atomic mass is 35.5. The second-order valence-corrected chi connectivity index (χ2v) is 7.20. The van der Waals surface area contributed by atoms with Crippen LogP contribution in [0.25, 0.3) is 0 Å². The fourth-order valence-corrected chi connectivity index (χ4v) is 2.17. The minimum Gasteiger partial charge on any atom is -0.399 e. The van der Waals surface area contributed by atoms with Gasteiger partial charge in [0.15, 0.2) is 0 Å². The van der Waals surface area contributed by atoms with Crippen LogP contribution in [0.2, 0.25) is 0 Å². The highest BCUT2D eigenvalue weighted by molar-refractivity contribution is 5.97. The number of anilines is 3. The Balaban J connectivity index is 0.00000338. The quantitative estimate of drug-likeness (QED) is 0.701. The average molecular weight is 376 g/mol. The van der Waals surface area contributed by atoms with E-state index in [-0.39, 0.29) is 30.6 Å². The predicted molar refractivity (Wildman–Crippen MR) is 110 cm³/mol. The third kappa shape index (κ3) is 6.08. The number of nitrogen functional groups attached to an aromatic ring is 1. The third-order valence-electron chi connectivity index (χ3n) is 3.80. The molecule has 2 aromatic rings. The van der Waals surface area contributed by atoms with Crippen molar-refractivity contribution in [2.75, 3.05) is 16.4 Å². The Morgan fingerprint density at radius 2 is 1.62 bits per heavy atom. The molecule has 0 spiro atoms. The van der Waals surface area contributed by atoms with E-state index < -0.39 is 5.41 Å². The van der Waals surface area contributed by atoms with Gasteiger partial charge in [0, 0.05) is 22.5 Å². The molecule has 0 saturated carbocycles. The van der Waals surface area contributed by atoms with Crippen molar-refractivity contribution in [2.24, 2.45) is 5.41 Å². The van der Waals surface area contributed by atoms with Crippen LogP contribution in [0.1, 0.15) is 31.9 Å². The van der Waals surface area contributed by atoms with E-state index in [4.69, 9.17) is 5.73 Å². The lowest BCUT2D eigenvalue weighted by molar-refractivity contribution is -0.123. The summed E-state index contributed by atoms with van der Waals surface area (Å²) < 4.78 is 0. The molecular formula is C20H26ClN3O2. The van der Waals surface area contributed by atoms with Crippen LogP contribution in [0.5, 0.6) is 0 Å². The maximum absolute atomic E-state index is 12.2. The molecule has 0 fully saturated rings. The van der Waals surface area contributed by atoms with Gasteiger partial charge in [-0.25, -0.2) is 0 Å². The monoisotopic (exact) mass is 375 g/mol. The Kier molecular flexibility index (Phi) is 7.21. The smallest absolute Gasteiger partial charge is 0.229 e. The number of rotatable bonds is 4. The van der Waals surface area contributed by atoms with E-state index in [2.05, 4.69) is 10.6 Å². The summed E-state index contributed by atoms with van der Waals surface area (Å²) in [6.07, 6.45) is 0.262. The topological polar surface area (TPSA) is 84.2 Å². The summed E-state index contributed by atoms with van der Waals surface area (Å²) in [5.74, 6) is -0.192. The van der Waals surface area contributed by atoms with Gasteiger partial charge in [0.25, 0.3) is 0 Å². The first-order valence-corrected chi connectivity index (χ1v) is 8.21. The molecule has 0 aliphatic rings. The molecule has 26 heavy (non-hydrogen) atoms. The van der Waals surface area contributed by atoms with Gasteiger partial charge in [-0.15, -0.1) is 12.4 Å². The SMILES string of the molecule is Cc1ccc(NC(=O)Cc2ccc(N)cc2)cc1NC(=O)C(C)(C)C.Cl. The molecule has 0 unspecified atom stereocenters. The van der Waals surface area contributed by atoms with E-state index in [1.165, 1.54) is 0 Å². The summed E-state index contributed by atoms with van der Waals surface area (Å²) in [5.41, 5.74) is 9.01.